The molecule has 162 valence electrons. The van der Waals surface area contributed by atoms with E-state index in [1.54, 1.807) is 36.4 Å². The zero-order valence-corrected chi connectivity index (χ0v) is 18.3. The smallest absolute Gasteiger partial charge is 0.300 e. The van der Waals surface area contributed by atoms with Gasteiger partial charge in [-0.1, -0.05) is 35.3 Å². The van der Waals surface area contributed by atoms with E-state index in [0.717, 1.165) is 0 Å². The molecule has 0 aliphatic carbocycles. The van der Waals surface area contributed by atoms with Crippen molar-refractivity contribution in [3.63, 3.8) is 0 Å². The van der Waals surface area contributed by atoms with Crippen molar-refractivity contribution in [3.8, 4) is 11.5 Å². The lowest BCUT2D eigenvalue weighted by atomic mass is 9.95. The lowest BCUT2D eigenvalue weighted by Gasteiger charge is -2.25. The first-order valence-corrected chi connectivity index (χ1v) is 10.3. The van der Waals surface area contributed by atoms with Crippen LogP contribution in [0.3, 0.4) is 0 Å². The second-order valence-corrected chi connectivity index (χ2v) is 7.91. The standard InChI is InChI=1S/C24H17Cl2NO5/c1-32-17-8-6-15(7-9-17)27-21(13-3-2-4-16(28)11-13)20(23(30)24(27)31)22(29)14-5-10-18(25)19(26)12-14/h2-12,21,28-29H,1H3/b22-20-. The number of aromatic hydroxyl groups is 1. The number of methoxy groups -OCH3 is 1. The molecule has 6 nitrogen and oxygen atoms in total. The van der Waals surface area contributed by atoms with Gasteiger partial charge in [0.25, 0.3) is 11.7 Å². The van der Waals surface area contributed by atoms with Gasteiger partial charge in [-0.05, 0) is 60.2 Å². The number of phenols is 1. The predicted octanol–water partition coefficient (Wildman–Crippen LogP) is 5.33. The van der Waals surface area contributed by atoms with E-state index in [1.807, 2.05) is 0 Å². The normalized spacial score (nSPS) is 17.6. The summed E-state index contributed by atoms with van der Waals surface area (Å²) in [5, 5.41) is 21.6. The minimum absolute atomic E-state index is 0.0441. The summed E-state index contributed by atoms with van der Waals surface area (Å²) in [6.07, 6.45) is 0. The Balaban J connectivity index is 1.94. The van der Waals surface area contributed by atoms with Crippen LogP contribution in [-0.2, 0) is 9.59 Å². The van der Waals surface area contributed by atoms with Crippen molar-refractivity contribution in [2.75, 3.05) is 12.0 Å². The Morgan fingerprint density at radius 3 is 2.31 bits per heavy atom. The molecule has 8 heteroatoms. The largest absolute Gasteiger partial charge is 0.508 e. The van der Waals surface area contributed by atoms with Crippen LogP contribution in [0.2, 0.25) is 10.0 Å². The van der Waals surface area contributed by atoms with Gasteiger partial charge in [0.05, 0.1) is 28.8 Å². The summed E-state index contributed by atoms with van der Waals surface area (Å²) in [7, 11) is 1.52. The van der Waals surface area contributed by atoms with E-state index >= 15 is 0 Å². The van der Waals surface area contributed by atoms with Crippen molar-refractivity contribution < 1.29 is 24.5 Å². The third-order valence-electron chi connectivity index (χ3n) is 5.17. The van der Waals surface area contributed by atoms with Gasteiger partial charge in [0.15, 0.2) is 0 Å². The van der Waals surface area contributed by atoms with Crippen LogP contribution in [-0.4, -0.2) is 29.0 Å². The number of hydrogen-bond donors (Lipinski definition) is 2. The summed E-state index contributed by atoms with van der Waals surface area (Å²) in [5.74, 6) is -1.54. The molecule has 0 saturated carbocycles. The summed E-state index contributed by atoms with van der Waals surface area (Å²) in [5.41, 5.74) is 0.975. The monoisotopic (exact) mass is 469 g/mol. The number of hydrogen-bond acceptors (Lipinski definition) is 5. The van der Waals surface area contributed by atoms with E-state index in [1.165, 1.54) is 42.3 Å². The minimum atomic E-state index is -0.982. The van der Waals surface area contributed by atoms with Gasteiger partial charge >= 0.3 is 0 Å². The molecule has 1 heterocycles. The molecular weight excluding hydrogens is 453 g/mol. The number of carbonyl (C=O) groups excluding carboxylic acids is 2. The number of carbonyl (C=O) groups is 2. The average molecular weight is 470 g/mol. The van der Waals surface area contributed by atoms with Gasteiger partial charge in [-0.25, -0.2) is 0 Å². The quantitative estimate of drug-likeness (QED) is 0.306. The first-order valence-electron chi connectivity index (χ1n) is 9.51. The second kappa shape index (κ2) is 8.57. The number of ketones is 1. The molecule has 0 spiro atoms. The van der Waals surface area contributed by atoms with Crippen molar-refractivity contribution >= 4 is 46.3 Å². The molecule has 3 aromatic carbocycles. The van der Waals surface area contributed by atoms with Crippen molar-refractivity contribution in [1.82, 2.24) is 0 Å². The van der Waals surface area contributed by atoms with Crippen LogP contribution in [0, 0.1) is 0 Å². The molecule has 1 amide bonds. The van der Waals surface area contributed by atoms with Gasteiger partial charge in [0.1, 0.15) is 17.3 Å². The number of phenolic OH excluding ortho intramolecular Hbond substituents is 1. The van der Waals surface area contributed by atoms with Crippen LogP contribution in [0.1, 0.15) is 17.2 Å². The highest BCUT2D eigenvalue weighted by molar-refractivity contribution is 6.51. The van der Waals surface area contributed by atoms with Crippen LogP contribution < -0.4 is 9.64 Å². The molecule has 1 fully saturated rings. The number of benzene rings is 3. The maximum Gasteiger partial charge on any atom is 0.300 e. The van der Waals surface area contributed by atoms with Gasteiger partial charge in [0.2, 0.25) is 0 Å². The van der Waals surface area contributed by atoms with Crippen molar-refractivity contribution in [2.24, 2.45) is 0 Å². The number of anilines is 1. The molecule has 1 saturated heterocycles. The summed E-state index contributed by atoms with van der Waals surface area (Å²) < 4.78 is 5.17. The number of nitrogens with zero attached hydrogens (tertiary/aromatic N) is 1. The minimum Gasteiger partial charge on any atom is -0.508 e. The zero-order chi connectivity index (χ0) is 23.0. The molecule has 0 bridgehead atoms. The van der Waals surface area contributed by atoms with Crippen LogP contribution in [0.25, 0.3) is 5.76 Å². The predicted molar refractivity (Wildman–Crippen MR) is 122 cm³/mol. The average Bonchev–Trinajstić information content (AvgIpc) is 3.06. The Bertz CT molecular complexity index is 1250. The summed E-state index contributed by atoms with van der Waals surface area (Å²) in [6.45, 7) is 0. The molecular formula is C24H17Cl2NO5. The zero-order valence-electron chi connectivity index (χ0n) is 16.8. The summed E-state index contributed by atoms with van der Waals surface area (Å²) in [6, 6.07) is 16.2. The molecule has 0 aromatic heterocycles. The van der Waals surface area contributed by atoms with Crippen molar-refractivity contribution in [3.05, 3.63) is 93.5 Å². The fourth-order valence-electron chi connectivity index (χ4n) is 3.65. The van der Waals surface area contributed by atoms with E-state index < -0.39 is 23.5 Å². The molecule has 0 radical (unpaired) electrons. The molecule has 3 aromatic rings. The van der Waals surface area contributed by atoms with E-state index in [2.05, 4.69) is 0 Å². The van der Waals surface area contributed by atoms with Gasteiger partial charge in [-0.2, -0.15) is 0 Å². The van der Waals surface area contributed by atoms with Crippen LogP contribution in [0.5, 0.6) is 11.5 Å². The fraction of sp³-hybridized carbons (Fsp3) is 0.0833. The second-order valence-electron chi connectivity index (χ2n) is 7.09. The number of amides is 1. The molecule has 1 aliphatic rings. The molecule has 32 heavy (non-hydrogen) atoms. The molecule has 2 N–H and O–H groups in total. The SMILES string of the molecule is COc1ccc(N2C(=O)C(=O)/C(=C(\O)c3ccc(Cl)c(Cl)c3)C2c2cccc(O)c2)cc1. The maximum atomic E-state index is 13.1. The van der Waals surface area contributed by atoms with Crippen molar-refractivity contribution in [2.45, 2.75) is 6.04 Å². The Hall–Kier alpha value is -3.48. The molecule has 1 aliphatic heterocycles. The van der Waals surface area contributed by atoms with Gasteiger partial charge in [-0.3, -0.25) is 14.5 Å². The Labute approximate surface area is 193 Å². The first kappa shape index (κ1) is 21.7. The van der Waals surface area contributed by atoms with E-state index in [9.17, 15) is 19.8 Å². The summed E-state index contributed by atoms with van der Waals surface area (Å²) in [4.78, 5) is 27.5. The van der Waals surface area contributed by atoms with E-state index in [0.29, 0.717) is 17.0 Å². The number of rotatable bonds is 4. The topological polar surface area (TPSA) is 87.1 Å². The lowest BCUT2D eigenvalue weighted by Crippen LogP contribution is -2.29. The number of aliphatic hydroxyl groups is 1. The first-order chi connectivity index (χ1) is 15.3. The third kappa shape index (κ3) is 3.79. The van der Waals surface area contributed by atoms with Gasteiger partial charge in [-0.15, -0.1) is 0 Å². The van der Waals surface area contributed by atoms with Crippen LogP contribution in [0.4, 0.5) is 5.69 Å². The fourth-order valence-corrected chi connectivity index (χ4v) is 3.95. The molecule has 1 atom stereocenters. The molecule has 1 unspecified atom stereocenters. The number of ether oxygens (including phenoxy) is 1. The maximum absolute atomic E-state index is 13.1. The Kier molecular flexibility index (Phi) is 5.82. The molecule has 4 rings (SSSR count). The highest BCUT2D eigenvalue weighted by Crippen LogP contribution is 2.43. The highest BCUT2D eigenvalue weighted by atomic mass is 35.5. The van der Waals surface area contributed by atoms with Crippen molar-refractivity contribution in [1.29, 1.82) is 0 Å². The van der Waals surface area contributed by atoms with Crippen LogP contribution >= 0.6 is 23.2 Å². The number of halogens is 2. The Morgan fingerprint density at radius 1 is 0.969 bits per heavy atom. The third-order valence-corrected chi connectivity index (χ3v) is 5.91. The van der Waals surface area contributed by atoms with E-state index in [-0.39, 0.29) is 26.9 Å². The van der Waals surface area contributed by atoms with Crippen LogP contribution in [0.15, 0.2) is 72.3 Å². The Morgan fingerprint density at radius 2 is 1.69 bits per heavy atom. The lowest BCUT2D eigenvalue weighted by molar-refractivity contribution is -0.132. The van der Waals surface area contributed by atoms with Gasteiger partial charge < -0.3 is 14.9 Å². The van der Waals surface area contributed by atoms with Gasteiger partial charge in [0, 0.05) is 11.3 Å². The number of Topliss-reactive ketones (excluding diaryl/α,β-unsaturated/α-hetero) is 1. The number of aliphatic hydroxyl groups excluding tert-OH is 1. The van der Waals surface area contributed by atoms with E-state index in [4.69, 9.17) is 27.9 Å². The summed E-state index contributed by atoms with van der Waals surface area (Å²) >= 11 is 12.1. The highest BCUT2D eigenvalue weighted by Gasteiger charge is 2.47.